The van der Waals surface area contributed by atoms with Gasteiger partial charge in [0.2, 0.25) is 0 Å². The zero-order valence-corrected chi connectivity index (χ0v) is 18.5. The van der Waals surface area contributed by atoms with Crippen molar-refractivity contribution in [1.29, 1.82) is 0 Å². The highest BCUT2D eigenvalue weighted by Crippen LogP contribution is 2.14. The van der Waals surface area contributed by atoms with E-state index in [9.17, 15) is 5.11 Å². The second-order valence-electron chi connectivity index (χ2n) is 8.22. The van der Waals surface area contributed by atoms with E-state index in [0.29, 0.717) is 6.61 Å². The summed E-state index contributed by atoms with van der Waals surface area (Å²) in [6, 6.07) is -0.0106. The molecule has 4 nitrogen and oxygen atoms in total. The summed E-state index contributed by atoms with van der Waals surface area (Å²) in [5.74, 6) is 0. The Balaban J connectivity index is 1.74. The molecule has 0 fully saturated rings. The molecule has 0 saturated heterocycles. The third kappa shape index (κ3) is 14.2. The smallest absolute Gasteiger partial charge is 0.0950 e. The lowest BCUT2D eigenvalue weighted by molar-refractivity contribution is 0.0746. The molecule has 0 saturated carbocycles. The lowest BCUT2D eigenvalue weighted by Crippen LogP contribution is -2.18. The molecule has 0 aliphatic rings. The Morgan fingerprint density at radius 1 is 0.786 bits per heavy atom. The zero-order valence-electron chi connectivity index (χ0n) is 18.5. The monoisotopic (exact) mass is 394 g/mol. The van der Waals surface area contributed by atoms with E-state index in [-0.39, 0.29) is 12.6 Å². The van der Waals surface area contributed by atoms with Crippen molar-refractivity contribution in [2.45, 2.75) is 116 Å². The number of hydrogen-bond donors (Lipinski definition) is 1. The first-order valence-electron chi connectivity index (χ1n) is 12.0. The van der Waals surface area contributed by atoms with Gasteiger partial charge in [-0.2, -0.15) is 0 Å². The van der Waals surface area contributed by atoms with Crippen LogP contribution >= 0.6 is 0 Å². The number of imidazole rings is 1. The number of aliphatic hydroxyl groups excluding tert-OH is 1. The fourth-order valence-corrected chi connectivity index (χ4v) is 3.69. The van der Waals surface area contributed by atoms with Gasteiger partial charge in [0.1, 0.15) is 0 Å². The minimum absolute atomic E-state index is 0.0106. The highest BCUT2D eigenvalue weighted by Gasteiger charge is 2.08. The van der Waals surface area contributed by atoms with E-state index in [1.54, 1.807) is 12.5 Å². The number of aromatic nitrogens is 2. The van der Waals surface area contributed by atoms with Crippen molar-refractivity contribution in [1.82, 2.24) is 9.55 Å². The molecule has 1 unspecified atom stereocenters. The second kappa shape index (κ2) is 19.4. The Labute approximate surface area is 174 Å². The second-order valence-corrected chi connectivity index (χ2v) is 8.22. The predicted molar refractivity (Wildman–Crippen MR) is 119 cm³/mol. The molecule has 0 aromatic carbocycles. The molecule has 0 bridgehead atoms. The Morgan fingerprint density at radius 3 is 1.71 bits per heavy atom. The molecule has 1 N–H and O–H groups in total. The molecular formula is C24H46N2O2. The molecule has 0 amide bonds. The van der Waals surface area contributed by atoms with Crippen molar-refractivity contribution >= 4 is 0 Å². The predicted octanol–water partition coefficient (Wildman–Crippen LogP) is 6.69. The maximum atomic E-state index is 9.41. The van der Waals surface area contributed by atoms with Gasteiger partial charge in [0.25, 0.3) is 0 Å². The minimum atomic E-state index is -0.0106. The molecule has 0 aliphatic heterocycles. The first kappa shape index (κ1) is 25.2. The molecule has 0 radical (unpaired) electrons. The standard InChI is InChI=1S/C24H46N2O2/c1-2-3-4-5-6-7-8-9-10-11-12-13-14-15-16-17-20-28-22-24(21-27)26-19-18-25-23-26/h18-19,23-24,27H,2-17,20-22H2,1H3. The molecule has 0 aliphatic carbocycles. The van der Waals surface area contributed by atoms with Gasteiger partial charge >= 0.3 is 0 Å². The summed E-state index contributed by atoms with van der Waals surface area (Å²) < 4.78 is 7.63. The van der Waals surface area contributed by atoms with Gasteiger partial charge in [0.05, 0.1) is 25.6 Å². The molecule has 1 aromatic rings. The van der Waals surface area contributed by atoms with E-state index in [1.165, 1.54) is 96.3 Å². The van der Waals surface area contributed by atoms with E-state index in [4.69, 9.17) is 4.74 Å². The van der Waals surface area contributed by atoms with Crippen LogP contribution in [0.1, 0.15) is 116 Å². The van der Waals surface area contributed by atoms with Gasteiger partial charge in [-0.1, -0.05) is 103 Å². The van der Waals surface area contributed by atoms with Crippen LogP contribution in [-0.4, -0.2) is 34.5 Å². The molecule has 1 aromatic heterocycles. The van der Waals surface area contributed by atoms with Crippen LogP contribution in [0.25, 0.3) is 0 Å². The SMILES string of the molecule is CCCCCCCCCCCCCCCCCCOCC(CO)n1ccnc1. The summed E-state index contributed by atoms with van der Waals surface area (Å²) in [4.78, 5) is 4.02. The van der Waals surface area contributed by atoms with E-state index < -0.39 is 0 Å². The lowest BCUT2D eigenvalue weighted by Gasteiger charge is -2.15. The minimum Gasteiger partial charge on any atom is -0.394 e. The number of hydrogen-bond acceptors (Lipinski definition) is 3. The molecule has 0 spiro atoms. The van der Waals surface area contributed by atoms with Crippen LogP contribution in [0.15, 0.2) is 18.7 Å². The third-order valence-electron chi connectivity index (χ3n) is 5.61. The van der Waals surface area contributed by atoms with Crippen LogP contribution in [-0.2, 0) is 4.74 Å². The summed E-state index contributed by atoms with van der Waals surface area (Å²) in [6.45, 7) is 3.73. The van der Waals surface area contributed by atoms with Crippen LogP contribution in [0.4, 0.5) is 0 Å². The largest absolute Gasteiger partial charge is 0.394 e. The normalized spacial score (nSPS) is 12.5. The average molecular weight is 395 g/mol. The maximum absolute atomic E-state index is 9.41. The summed E-state index contributed by atoms with van der Waals surface area (Å²) >= 11 is 0. The van der Waals surface area contributed by atoms with Crippen molar-refractivity contribution in [2.75, 3.05) is 19.8 Å². The molecule has 1 atom stereocenters. The van der Waals surface area contributed by atoms with E-state index >= 15 is 0 Å². The van der Waals surface area contributed by atoms with E-state index in [1.807, 2.05) is 10.8 Å². The number of nitrogens with zero attached hydrogens (tertiary/aromatic N) is 2. The molecule has 4 heteroatoms. The van der Waals surface area contributed by atoms with Crippen molar-refractivity contribution in [3.05, 3.63) is 18.7 Å². The average Bonchev–Trinajstić information content (AvgIpc) is 3.24. The molecule has 164 valence electrons. The Bertz CT molecular complexity index is 409. The Hall–Kier alpha value is -0.870. The fraction of sp³-hybridized carbons (Fsp3) is 0.875. The van der Waals surface area contributed by atoms with Gasteiger partial charge in [0.15, 0.2) is 0 Å². The van der Waals surface area contributed by atoms with Crippen LogP contribution in [0.3, 0.4) is 0 Å². The number of rotatable bonds is 21. The van der Waals surface area contributed by atoms with Gasteiger partial charge in [0, 0.05) is 19.0 Å². The topological polar surface area (TPSA) is 47.3 Å². The lowest BCUT2D eigenvalue weighted by atomic mass is 10.0. The summed E-state index contributed by atoms with van der Waals surface area (Å²) in [5.41, 5.74) is 0. The van der Waals surface area contributed by atoms with Gasteiger partial charge in [-0.3, -0.25) is 0 Å². The fourth-order valence-electron chi connectivity index (χ4n) is 3.69. The zero-order chi connectivity index (χ0) is 20.1. The molecule has 1 heterocycles. The summed E-state index contributed by atoms with van der Waals surface area (Å²) in [7, 11) is 0. The van der Waals surface area contributed by atoms with Crippen LogP contribution in [0.5, 0.6) is 0 Å². The quantitative estimate of drug-likeness (QED) is 0.236. The van der Waals surface area contributed by atoms with Crippen LogP contribution in [0.2, 0.25) is 0 Å². The van der Waals surface area contributed by atoms with Gasteiger partial charge < -0.3 is 14.4 Å². The summed E-state index contributed by atoms with van der Waals surface area (Å²) in [5, 5.41) is 9.41. The highest BCUT2D eigenvalue weighted by atomic mass is 16.5. The summed E-state index contributed by atoms with van der Waals surface area (Å²) in [6.07, 6.45) is 27.5. The van der Waals surface area contributed by atoms with E-state index in [0.717, 1.165) is 13.0 Å². The first-order chi connectivity index (χ1) is 13.9. The number of aliphatic hydroxyl groups is 1. The maximum Gasteiger partial charge on any atom is 0.0950 e. The van der Waals surface area contributed by atoms with Crippen molar-refractivity contribution in [2.24, 2.45) is 0 Å². The van der Waals surface area contributed by atoms with Crippen molar-refractivity contribution < 1.29 is 9.84 Å². The third-order valence-corrected chi connectivity index (χ3v) is 5.61. The highest BCUT2D eigenvalue weighted by molar-refractivity contribution is 4.80. The van der Waals surface area contributed by atoms with Gasteiger partial charge in [-0.25, -0.2) is 4.98 Å². The molecular weight excluding hydrogens is 348 g/mol. The van der Waals surface area contributed by atoms with Gasteiger partial charge in [-0.05, 0) is 6.42 Å². The first-order valence-corrected chi connectivity index (χ1v) is 12.0. The number of unbranched alkanes of at least 4 members (excludes halogenated alkanes) is 15. The van der Waals surface area contributed by atoms with Crippen LogP contribution < -0.4 is 0 Å². The Kier molecular flexibility index (Phi) is 17.5. The molecule has 1 rings (SSSR count). The molecule has 28 heavy (non-hydrogen) atoms. The van der Waals surface area contributed by atoms with Gasteiger partial charge in [-0.15, -0.1) is 0 Å². The number of ether oxygens (including phenoxy) is 1. The van der Waals surface area contributed by atoms with Crippen LogP contribution in [0, 0.1) is 0 Å². The van der Waals surface area contributed by atoms with Crippen molar-refractivity contribution in [3.63, 3.8) is 0 Å². The van der Waals surface area contributed by atoms with Crippen molar-refractivity contribution in [3.8, 4) is 0 Å². The van der Waals surface area contributed by atoms with E-state index in [2.05, 4.69) is 11.9 Å². The Morgan fingerprint density at radius 2 is 1.29 bits per heavy atom.